The molecular weight excluding hydrogens is 432 g/mol. The van der Waals surface area contributed by atoms with E-state index in [-0.39, 0.29) is 30.6 Å². The normalized spacial score (nSPS) is 46.4. The van der Waals surface area contributed by atoms with Gasteiger partial charge in [-0.1, -0.05) is 56.0 Å². The Morgan fingerprint density at radius 2 is 1.94 bits per heavy atom. The highest BCUT2D eigenvalue weighted by Gasteiger charge is 2.79. The van der Waals surface area contributed by atoms with Gasteiger partial charge in [0.2, 0.25) is 0 Å². The van der Waals surface area contributed by atoms with Crippen LogP contribution in [0.3, 0.4) is 0 Å². The van der Waals surface area contributed by atoms with E-state index in [1.807, 2.05) is 49.4 Å². The van der Waals surface area contributed by atoms with Crippen molar-refractivity contribution in [2.45, 2.75) is 68.9 Å². The van der Waals surface area contributed by atoms with Crippen molar-refractivity contribution in [3.8, 4) is 0 Å². The van der Waals surface area contributed by atoms with Crippen LogP contribution in [0, 0.1) is 17.8 Å². The van der Waals surface area contributed by atoms with E-state index in [1.165, 1.54) is 0 Å². The summed E-state index contributed by atoms with van der Waals surface area (Å²) in [5, 5.41) is 22.1. The van der Waals surface area contributed by atoms with Crippen LogP contribution in [0.5, 0.6) is 0 Å². The van der Waals surface area contributed by atoms with Gasteiger partial charge in [-0.2, -0.15) is 0 Å². The maximum absolute atomic E-state index is 13.3. The molecule has 180 valence electrons. The van der Waals surface area contributed by atoms with E-state index >= 15 is 0 Å². The van der Waals surface area contributed by atoms with Gasteiger partial charge in [0.25, 0.3) is 5.97 Å². The lowest BCUT2D eigenvalue weighted by Gasteiger charge is -2.59. The van der Waals surface area contributed by atoms with Crippen LogP contribution in [0.2, 0.25) is 0 Å². The second-order valence-electron chi connectivity index (χ2n) is 11.0. The molecule has 3 fully saturated rings. The highest BCUT2D eigenvalue weighted by Crippen LogP contribution is 2.68. The minimum atomic E-state index is -1.67. The lowest BCUT2D eigenvalue weighted by atomic mass is 9.55. The first-order chi connectivity index (χ1) is 16.1. The first-order valence-electron chi connectivity index (χ1n) is 12.1. The van der Waals surface area contributed by atoms with Crippen LogP contribution in [0.1, 0.15) is 39.2 Å². The minimum Gasteiger partial charge on any atom is -0.392 e. The fraction of sp³-hybridized carbons (Fsp3) is 0.536. The van der Waals surface area contributed by atoms with E-state index in [9.17, 15) is 15.0 Å². The predicted octanol–water partition coefficient (Wildman–Crippen LogP) is 3.24. The molecule has 2 heterocycles. The Morgan fingerprint density at radius 1 is 1.21 bits per heavy atom. The Bertz CT molecular complexity index is 1140. The zero-order valence-electron chi connectivity index (χ0n) is 19.9. The second kappa shape index (κ2) is 6.99. The minimum absolute atomic E-state index is 0.0761. The number of fused-ring (bicyclic) bond motifs is 2. The molecule has 6 nitrogen and oxygen atoms in total. The van der Waals surface area contributed by atoms with Crippen molar-refractivity contribution in [3.63, 3.8) is 0 Å². The zero-order valence-corrected chi connectivity index (χ0v) is 19.9. The first-order valence-corrected chi connectivity index (χ1v) is 12.1. The fourth-order valence-corrected chi connectivity index (χ4v) is 7.50. The Hall–Kier alpha value is -2.09. The molecule has 1 aromatic rings. The van der Waals surface area contributed by atoms with Crippen LogP contribution in [-0.2, 0) is 25.4 Å². The van der Waals surface area contributed by atoms with Gasteiger partial charge in [0, 0.05) is 18.3 Å². The maximum Gasteiger partial charge on any atom is 0.289 e. The molecule has 2 saturated heterocycles. The van der Waals surface area contributed by atoms with E-state index in [0.717, 1.165) is 11.1 Å². The summed E-state index contributed by atoms with van der Waals surface area (Å²) in [6.07, 6.45) is 4.51. The van der Waals surface area contributed by atoms with Gasteiger partial charge in [-0.05, 0) is 48.5 Å². The second-order valence-corrected chi connectivity index (χ2v) is 11.0. The van der Waals surface area contributed by atoms with Crippen molar-refractivity contribution in [3.05, 3.63) is 71.3 Å². The number of benzene rings is 1. The number of aliphatic hydroxyl groups excluding tert-OH is 1. The molecule has 8 atom stereocenters. The van der Waals surface area contributed by atoms with Crippen molar-refractivity contribution in [2.24, 2.45) is 17.8 Å². The molecule has 2 N–H and O–H groups in total. The van der Waals surface area contributed by atoms with Crippen LogP contribution in [0.25, 0.3) is 0 Å². The number of rotatable bonds is 4. The molecule has 1 saturated carbocycles. The van der Waals surface area contributed by atoms with Gasteiger partial charge >= 0.3 is 0 Å². The Balaban J connectivity index is 1.58. The molecule has 5 aliphatic rings. The third-order valence-electron chi connectivity index (χ3n) is 8.93. The fourth-order valence-electron chi connectivity index (χ4n) is 7.50. The number of carbonyl (C=O) groups is 1. The van der Waals surface area contributed by atoms with Crippen molar-refractivity contribution in [1.82, 2.24) is 0 Å². The summed E-state index contributed by atoms with van der Waals surface area (Å²) >= 11 is 0. The number of hydrogen-bond donors (Lipinski definition) is 2. The molecule has 0 radical (unpaired) electrons. The van der Waals surface area contributed by atoms with E-state index in [2.05, 4.69) is 13.5 Å². The molecule has 1 unspecified atom stereocenters. The summed E-state index contributed by atoms with van der Waals surface area (Å²) in [5.41, 5.74) is -0.348. The molecule has 1 aromatic carbocycles. The van der Waals surface area contributed by atoms with Gasteiger partial charge in [-0.25, -0.2) is 0 Å². The van der Waals surface area contributed by atoms with Crippen LogP contribution in [-0.4, -0.2) is 51.5 Å². The topological polar surface area (TPSA) is 85.2 Å². The van der Waals surface area contributed by atoms with Crippen LogP contribution >= 0.6 is 0 Å². The summed E-state index contributed by atoms with van der Waals surface area (Å²) in [6.45, 7) is 9.87. The Labute approximate surface area is 199 Å². The summed E-state index contributed by atoms with van der Waals surface area (Å²) in [7, 11) is 0. The van der Waals surface area contributed by atoms with Crippen LogP contribution in [0.15, 0.2) is 65.8 Å². The summed E-state index contributed by atoms with van der Waals surface area (Å²) in [4.78, 5) is 13.3. The third-order valence-corrected chi connectivity index (χ3v) is 8.93. The molecule has 6 rings (SSSR count). The summed E-state index contributed by atoms with van der Waals surface area (Å²) < 4.78 is 20.5. The van der Waals surface area contributed by atoms with E-state index in [0.29, 0.717) is 24.0 Å². The zero-order chi connectivity index (χ0) is 24.1. The van der Waals surface area contributed by atoms with Crippen molar-refractivity contribution >= 4 is 5.78 Å². The van der Waals surface area contributed by atoms with Crippen LogP contribution < -0.4 is 0 Å². The lowest BCUT2D eigenvalue weighted by Crippen LogP contribution is -2.70. The number of carbonyl (C=O) groups excluding carboxylic acids is 1. The number of Topliss-reactive ketones (excluding diaryl/α,β-unsaturated/α-hetero) is 1. The molecule has 0 aromatic heterocycles. The highest BCUT2D eigenvalue weighted by molar-refractivity contribution is 6.04. The highest BCUT2D eigenvalue weighted by atomic mass is 16.9. The largest absolute Gasteiger partial charge is 0.392 e. The average Bonchev–Trinajstić information content (AvgIpc) is 3.10. The van der Waals surface area contributed by atoms with Gasteiger partial charge in [-0.3, -0.25) is 4.79 Å². The first kappa shape index (κ1) is 22.4. The SMILES string of the molecule is C=C(C)[C@@]12C[C@@H](C)[C@@]34OC(Cc5ccccc5)(O[C@@H]1[C@@H]3C=C(CO)C[C@]1(O)C(=O)C(C)=C[C@@H]41)O2. The number of aliphatic hydroxyl groups is 2. The smallest absolute Gasteiger partial charge is 0.289 e. The molecule has 3 aliphatic carbocycles. The molecule has 3 bridgehead atoms. The molecule has 6 heteroatoms. The molecule has 0 spiro atoms. The van der Waals surface area contributed by atoms with Crippen molar-refractivity contribution in [1.29, 1.82) is 0 Å². The lowest BCUT2D eigenvalue weighted by molar-refractivity contribution is -0.421. The molecule has 2 aliphatic heterocycles. The van der Waals surface area contributed by atoms with E-state index < -0.39 is 34.8 Å². The summed E-state index contributed by atoms with van der Waals surface area (Å²) in [6, 6.07) is 9.92. The molecular formula is C28H32O6. The summed E-state index contributed by atoms with van der Waals surface area (Å²) in [5.74, 6) is -2.64. The Kier molecular flexibility index (Phi) is 4.60. The van der Waals surface area contributed by atoms with Gasteiger partial charge in [-0.15, -0.1) is 0 Å². The molecule has 34 heavy (non-hydrogen) atoms. The van der Waals surface area contributed by atoms with E-state index in [4.69, 9.17) is 14.2 Å². The quantitative estimate of drug-likeness (QED) is 0.666. The maximum atomic E-state index is 13.3. The van der Waals surface area contributed by atoms with Gasteiger partial charge < -0.3 is 24.4 Å². The third kappa shape index (κ3) is 2.61. The monoisotopic (exact) mass is 464 g/mol. The number of hydrogen-bond acceptors (Lipinski definition) is 6. The van der Waals surface area contributed by atoms with Crippen molar-refractivity contribution < 1.29 is 29.2 Å². The van der Waals surface area contributed by atoms with Crippen molar-refractivity contribution in [2.75, 3.05) is 6.61 Å². The van der Waals surface area contributed by atoms with Gasteiger partial charge in [0.1, 0.15) is 17.3 Å². The van der Waals surface area contributed by atoms with Gasteiger partial charge in [0.05, 0.1) is 18.6 Å². The molecule has 0 amide bonds. The van der Waals surface area contributed by atoms with Crippen LogP contribution in [0.4, 0.5) is 0 Å². The standard InChI is InChI=1S/C28H32O6/c1-16(2)26-12-18(4)28-21(11-20(15-29)13-25(31)22(28)10-17(3)23(25)30)24(26)32-27(33-26,34-28)14-19-8-6-5-7-9-19/h5-11,18,21-22,24,29,31H,1,12-15H2,2-4H3/t18-,21+,22-,24-,25-,26+,27?,28-/m1/s1. The number of ether oxygens (including phenoxy) is 3. The van der Waals surface area contributed by atoms with E-state index in [1.54, 1.807) is 6.92 Å². The number of ketones is 1. The average molecular weight is 465 g/mol. The predicted molar refractivity (Wildman–Crippen MR) is 124 cm³/mol. The van der Waals surface area contributed by atoms with Gasteiger partial charge in [0.15, 0.2) is 5.78 Å². The Morgan fingerprint density at radius 3 is 2.62 bits per heavy atom.